The summed E-state index contributed by atoms with van der Waals surface area (Å²) < 4.78 is 0. The minimum atomic E-state index is -1.17. The van der Waals surface area contributed by atoms with Gasteiger partial charge in [-0.15, -0.1) is 0 Å². The number of amides is 1. The van der Waals surface area contributed by atoms with E-state index in [2.05, 4.69) is 44.8 Å². The molecule has 1 unspecified atom stereocenters. The van der Waals surface area contributed by atoms with E-state index in [0.717, 1.165) is 11.1 Å². The third kappa shape index (κ3) is 8.90. The average molecular weight is 399 g/mol. The molecule has 29 heavy (non-hydrogen) atoms. The standard InChI is InChI=1S/C24H34N2O3/c1-17(11-12-20-19(3)10-7-14-24(20,4)5)8-6-9-18(2)13-15-26-21(23(28)29)16-22(25)27/h6,8-9,11-13,15,21H,7,10,14,16H2,1-5H3,(H2,25,27)(H,28,29)/b9-6+,12-11+,17-8+,18-13+,26-15?. The van der Waals surface area contributed by atoms with Crippen LogP contribution in [0.2, 0.25) is 0 Å². The van der Waals surface area contributed by atoms with Crippen molar-refractivity contribution in [1.82, 2.24) is 0 Å². The highest BCUT2D eigenvalue weighted by atomic mass is 16.4. The molecule has 158 valence electrons. The van der Waals surface area contributed by atoms with Crippen LogP contribution in [0.4, 0.5) is 0 Å². The number of aliphatic imine (C=N–C) groups is 1. The Balaban J connectivity index is 2.73. The first-order valence-electron chi connectivity index (χ1n) is 9.97. The molecule has 0 heterocycles. The fourth-order valence-corrected chi connectivity index (χ4v) is 3.35. The topological polar surface area (TPSA) is 92.8 Å². The molecule has 0 aromatic rings. The van der Waals surface area contributed by atoms with Crippen LogP contribution in [0.3, 0.4) is 0 Å². The van der Waals surface area contributed by atoms with Crippen LogP contribution in [0.1, 0.15) is 60.3 Å². The molecule has 5 nitrogen and oxygen atoms in total. The van der Waals surface area contributed by atoms with Crippen LogP contribution in [0.25, 0.3) is 0 Å². The summed E-state index contributed by atoms with van der Waals surface area (Å²) in [5.74, 6) is -1.86. The molecule has 0 aromatic carbocycles. The first kappa shape index (κ1) is 24.3. The number of allylic oxidation sites excluding steroid dienone is 10. The minimum absolute atomic E-state index is 0.232. The lowest BCUT2D eigenvalue weighted by atomic mass is 9.72. The lowest BCUT2D eigenvalue weighted by Gasteiger charge is -2.32. The molecule has 0 aliphatic heterocycles. The number of nitrogens with zero attached hydrogens (tertiary/aromatic N) is 1. The zero-order valence-corrected chi connectivity index (χ0v) is 18.2. The maximum Gasteiger partial charge on any atom is 0.328 e. The quantitative estimate of drug-likeness (QED) is 0.426. The first-order valence-corrected chi connectivity index (χ1v) is 9.97. The zero-order valence-electron chi connectivity index (χ0n) is 18.2. The van der Waals surface area contributed by atoms with Gasteiger partial charge >= 0.3 is 5.97 Å². The van der Waals surface area contributed by atoms with Crippen molar-refractivity contribution in [3.63, 3.8) is 0 Å². The van der Waals surface area contributed by atoms with Crippen LogP contribution < -0.4 is 5.73 Å². The highest BCUT2D eigenvalue weighted by molar-refractivity contribution is 5.85. The van der Waals surface area contributed by atoms with Gasteiger partial charge in [0.15, 0.2) is 6.04 Å². The van der Waals surface area contributed by atoms with Gasteiger partial charge in [0, 0.05) is 6.21 Å². The van der Waals surface area contributed by atoms with E-state index in [1.165, 1.54) is 36.6 Å². The SMILES string of the molecule is CC1=C(/C=C/C(C)=C/C=C/C(C)=C/C=NC(CC(N)=O)C(=O)O)C(C)(C)CCC1. The summed E-state index contributed by atoms with van der Waals surface area (Å²) in [6.45, 7) is 10.8. The van der Waals surface area contributed by atoms with Crippen molar-refractivity contribution in [3.05, 3.63) is 58.7 Å². The Morgan fingerprint density at radius 1 is 1.21 bits per heavy atom. The number of aliphatic carboxylic acids is 1. The molecular formula is C24H34N2O3. The molecule has 1 aliphatic carbocycles. The van der Waals surface area contributed by atoms with Gasteiger partial charge in [0.1, 0.15) is 0 Å². The van der Waals surface area contributed by atoms with Crippen molar-refractivity contribution in [3.8, 4) is 0 Å². The smallest absolute Gasteiger partial charge is 0.328 e. The molecule has 1 aliphatic rings. The Kier molecular flexibility index (Phi) is 9.53. The van der Waals surface area contributed by atoms with Crippen LogP contribution in [-0.4, -0.2) is 29.2 Å². The fraction of sp³-hybridized carbons (Fsp3) is 0.458. The number of carboxylic acid groups (broad SMARTS) is 1. The van der Waals surface area contributed by atoms with Gasteiger partial charge in [0.25, 0.3) is 0 Å². The highest BCUT2D eigenvalue weighted by Gasteiger charge is 2.26. The van der Waals surface area contributed by atoms with Crippen LogP contribution >= 0.6 is 0 Å². The molecule has 0 radical (unpaired) electrons. The van der Waals surface area contributed by atoms with Gasteiger partial charge < -0.3 is 10.8 Å². The fourth-order valence-electron chi connectivity index (χ4n) is 3.35. The van der Waals surface area contributed by atoms with Gasteiger partial charge in [-0.25, -0.2) is 4.79 Å². The molecule has 0 aromatic heterocycles. The molecule has 5 heteroatoms. The van der Waals surface area contributed by atoms with Gasteiger partial charge in [-0.2, -0.15) is 0 Å². The van der Waals surface area contributed by atoms with Crippen LogP contribution in [0.15, 0.2) is 63.7 Å². The zero-order chi connectivity index (χ0) is 22.0. The molecule has 3 N–H and O–H groups in total. The Labute approximate surface area is 174 Å². The van der Waals surface area contributed by atoms with Crippen LogP contribution in [0.5, 0.6) is 0 Å². The minimum Gasteiger partial charge on any atom is -0.480 e. The molecule has 1 atom stereocenters. The van der Waals surface area contributed by atoms with Crippen LogP contribution in [-0.2, 0) is 9.59 Å². The Morgan fingerprint density at radius 2 is 1.86 bits per heavy atom. The molecule has 0 fully saturated rings. The Hall–Kier alpha value is -2.69. The van der Waals surface area contributed by atoms with Crippen molar-refractivity contribution in [2.75, 3.05) is 0 Å². The normalized spacial score (nSPS) is 19.5. The average Bonchev–Trinajstić information content (AvgIpc) is 2.59. The molecule has 1 amide bonds. The molecule has 1 rings (SSSR count). The number of nitrogens with two attached hydrogens (primary N) is 1. The third-order valence-corrected chi connectivity index (χ3v) is 5.06. The summed E-state index contributed by atoms with van der Waals surface area (Å²) in [5.41, 5.74) is 10.3. The van der Waals surface area contributed by atoms with Gasteiger partial charge in [-0.3, -0.25) is 9.79 Å². The van der Waals surface area contributed by atoms with Gasteiger partial charge in [-0.05, 0) is 62.7 Å². The summed E-state index contributed by atoms with van der Waals surface area (Å²) in [6.07, 6.45) is 16.8. The van der Waals surface area contributed by atoms with E-state index in [9.17, 15) is 9.59 Å². The second kappa shape index (κ2) is 11.3. The summed E-state index contributed by atoms with van der Waals surface area (Å²) in [5, 5.41) is 9.01. The maximum atomic E-state index is 11.0. The van der Waals surface area contributed by atoms with E-state index >= 15 is 0 Å². The molecule has 0 saturated heterocycles. The number of carboxylic acids is 1. The van der Waals surface area contributed by atoms with Gasteiger partial charge in [-0.1, -0.05) is 55.4 Å². The number of rotatable bonds is 9. The molecule has 0 spiro atoms. The predicted octanol–water partition coefficient (Wildman–Crippen LogP) is 4.92. The monoisotopic (exact) mass is 398 g/mol. The summed E-state index contributed by atoms with van der Waals surface area (Å²) in [6, 6.07) is -1.14. The van der Waals surface area contributed by atoms with Crippen molar-refractivity contribution >= 4 is 18.1 Å². The first-order chi connectivity index (χ1) is 13.5. The van der Waals surface area contributed by atoms with Crippen molar-refractivity contribution in [1.29, 1.82) is 0 Å². The van der Waals surface area contributed by atoms with Gasteiger partial charge in [0.2, 0.25) is 5.91 Å². The van der Waals surface area contributed by atoms with E-state index in [4.69, 9.17) is 10.8 Å². The molecule has 0 saturated carbocycles. The molecular weight excluding hydrogens is 364 g/mol. The van der Waals surface area contributed by atoms with E-state index < -0.39 is 17.9 Å². The van der Waals surface area contributed by atoms with E-state index in [1.54, 1.807) is 6.08 Å². The van der Waals surface area contributed by atoms with E-state index in [0.29, 0.717) is 0 Å². The summed E-state index contributed by atoms with van der Waals surface area (Å²) in [4.78, 5) is 25.8. The van der Waals surface area contributed by atoms with Crippen molar-refractivity contribution < 1.29 is 14.7 Å². The Morgan fingerprint density at radius 3 is 2.45 bits per heavy atom. The van der Waals surface area contributed by atoms with E-state index in [-0.39, 0.29) is 11.8 Å². The van der Waals surface area contributed by atoms with Crippen molar-refractivity contribution in [2.24, 2.45) is 16.1 Å². The number of carbonyl (C=O) groups excluding carboxylic acids is 1. The highest BCUT2D eigenvalue weighted by Crippen LogP contribution is 2.40. The second-order valence-electron chi connectivity index (χ2n) is 8.27. The largest absolute Gasteiger partial charge is 0.480 e. The molecule has 0 bridgehead atoms. The van der Waals surface area contributed by atoms with Gasteiger partial charge in [0.05, 0.1) is 6.42 Å². The second-order valence-corrected chi connectivity index (χ2v) is 8.27. The Bertz CT molecular complexity index is 793. The predicted molar refractivity (Wildman–Crippen MR) is 120 cm³/mol. The number of carbonyl (C=O) groups is 2. The van der Waals surface area contributed by atoms with E-state index in [1.807, 2.05) is 25.2 Å². The summed E-state index contributed by atoms with van der Waals surface area (Å²) >= 11 is 0. The number of hydrogen-bond acceptors (Lipinski definition) is 3. The van der Waals surface area contributed by atoms with Crippen LogP contribution in [0, 0.1) is 5.41 Å². The number of hydrogen-bond donors (Lipinski definition) is 2. The third-order valence-electron chi connectivity index (χ3n) is 5.06. The lowest BCUT2D eigenvalue weighted by molar-refractivity contribution is -0.140. The maximum absolute atomic E-state index is 11.0. The summed E-state index contributed by atoms with van der Waals surface area (Å²) in [7, 11) is 0. The van der Waals surface area contributed by atoms with Crippen molar-refractivity contribution in [2.45, 2.75) is 66.3 Å². The number of primary amides is 1. The lowest BCUT2D eigenvalue weighted by Crippen LogP contribution is -2.25.